The Morgan fingerprint density at radius 1 is 1.23 bits per heavy atom. The molecule has 0 atom stereocenters. The van der Waals surface area contributed by atoms with Gasteiger partial charge >= 0.3 is 0 Å². The van der Waals surface area contributed by atoms with Gasteiger partial charge < -0.3 is 4.74 Å². The van der Waals surface area contributed by atoms with Crippen molar-refractivity contribution in [1.82, 2.24) is 0 Å². The highest BCUT2D eigenvalue weighted by atomic mass is 79.9. The molecule has 0 radical (unpaired) electrons. The number of ether oxygens (including phenoxy) is 1. The highest BCUT2D eigenvalue weighted by Gasteiger charge is 1.90. The summed E-state index contributed by atoms with van der Waals surface area (Å²) in [5, 5.41) is 0. The van der Waals surface area contributed by atoms with Crippen molar-refractivity contribution in [2.75, 3.05) is 12.5 Å². The molecule has 0 N–H and O–H groups in total. The van der Waals surface area contributed by atoms with E-state index in [9.17, 15) is 0 Å². The molecule has 0 saturated heterocycles. The third-order valence-electron chi connectivity index (χ3n) is 1.32. The molecule has 0 spiro atoms. The molecule has 1 nitrogen and oxygen atoms in total. The zero-order valence-corrected chi connectivity index (χ0v) is 9.23. The molecule has 0 unspecified atom stereocenters. The van der Waals surface area contributed by atoms with Gasteiger partial charge in [-0.3, -0.25) is 0 Å². The normalized spacial score (nSPS) is 8.77. The van der Waals surface area contributed by atoms with Crippen LogP contribution in [0.25, 0.3) is 0 Å². The largest absolute Gasteiger partial charge is 0.481 e. The highest BCUT2D eigenvalue weighted by molar-refractivity contribution is 9.10. The van der Waals surface area contributed by atoms with Crippen LogP contribution in [0.1, 0.15) is 0 Å². The molecular formula is C10H8BrClO. The second kappa shape index (κ2) is 5.90. The molecule has 1 rings (SSSR count). The van der Waals surface area contributed by atoms with Gasteiger partial charge in [0.2, 0.25) is 0 Å². The van der Waals surface area contributed by atoms with Gasteiger partial charge in [0.1, 0.15) is 12.4 Å². The molecule has 0 amide bonds. The van der Waals surface area contributed by atoms with Crippen LogP contribution in [0.3, 0.4) is 0 Å². The lowest BCUT2D eigenvalue weighted by atomic mass is 10.3. The number of rotatable bonds is 2. The molecule has 0 aliphatic carbocycles. The Balaban J connectivity index is 2.41. The lowest BCUT2D eigenvalue weighted by Gasteiger charge is -2.00. The van der Waals surface area contributed by atoms with Crippen LogP contribution in [0.2, 0.25) is 0 Å². The van der Waals surface area contributed by atoms with E-state index in [-0.39, 0.29) is 0 Å². The second-order valence-electron chi connectivity index (χ2n) is 2.23. The summed E-state index contributed by atoms with van der Waals surface area (Å²) < 4.78 is 6.34. The molecule has 13 heavy (non-hydrogen) atoms. The van der Waals surface area contributed by atoms with Crippen LogP contribution in [-0.2, 0) is 0 Å². The van der Waals surface area contributed by atoms with Gasteiger partial charge in [-0.1, -0.05) is 27.8 Å². The minimum atomic E-state index is 0.351. The monoisotopic (exact) mass is 258 g/mol. The fourth-order valence-corrected chi connectivity index (χ4v) is 1.11. The third-order valence-corrected chi connectivity index (χ3v) is 1.98. The molecule has 0 aliphatic rings. The van der Waals surface area contributed by atoms with Gasteiger partial charge in [0.05, 0.1) is 5.88 Å². The average Bonchev–Trinajstić information content (AvgIpc) is 2.15. The molecule has 0 aliphatic heterocycles. The van der Waals surface area contributed by atoms with Crippen molar-refractivity contribution in [2.45, 2.75) is 0 Å². The number of alkyl halides is 1. The van der Waals surface area contributed by atoms with Crippen molar-refractivity contribution in [2.24, 2.45) is 0 Å². The van der Waals surface area contributed by atoms with E-state index < -0.39 is 0 Å². The first kappa shape index (κ1) is 10.4. The minimum Gasteiger partial charge on any atom is -0.481 e. The van der Waals surface area contributed by atoms with Crippen LogP contribution in [0.4, 0.5) is 0 Å². The van der Waals surface area contributed by atoms with E-state index in [2.05, 4.69) is 27.8 Å². The minimum absolute atomic E-state index is 0.351. The summed E-state index contributed by atoms with van der Waals surface area (Å²) in [5.41, 5.74) is 0. The van der Waals surface area contributed by atoms with Crippen LogP contribution >= 0.6 is 27.5 Å². The first-order chi connectivity index (χ1) is 6.33. The van der Waals surface area contributed by atoms with Crippen LogP contribution in [-0.4, -0.2) is 12.5 Å². The Hall–Kier alpha value is -0.650. The second-order valence-corrected chi connectivity index (χ2v) is 3.41. The molecule has 3 heteroatoms. The molecule has 0 saturated carbocycles. The lowest BCUT2D eigenvalue weighted by Crippen LogP contribution is -1.93. The lowest BCUT2D eigenvalue weighted by molar-refractivity contribution is 0.370. The van der Waals surface area contributed by atoms with Gasteiger partial charge in [-0.15, -0.1) is 11.6 Å². The molecule has 0 bridgehead atoms. The summed E-state index contributed by atoms with van der Waals surface area (Å²) in [7, 11) is 0. The van der Waals surface area contributed by atoms with E-state index in [1.807, 2.05) is 24.3 Å². The first-order valence-corrected chi connectivity index (χ1v) is 5.06. The smallest absolute Gasteiger partial charge is 0.149 e. The van der Waals surface area contributed by atoms with E-state index in [0.29, 0.717) is 12.5 Å². The van der Waals surface area contributed by atoms with Crippen molar-refractivity contribution in [1.29, 1.82) is 0 Å². The Bertz CT molecular complexity index is 310. The maximum atomic E-state index is 5.37. The predicted molar refractivity (Wildman–Crippen MR) is 58.1 cm³/mol. The maximum absolute atomic E-state index is 5.37. The molecule has 0 fully saturated rings. The zero-order chi connectivity index (χ0) is 9.52. The molecule has 0 heterocycles. The van der Waals surface area contributed by atoms with Crippen LogP contribution in [0.5, 0.6) is 5.75 Å². The van der Waals surface area contributed by atoms with Gasteiger partial charge in [-0.2, -0.15) is 0 Å². The van der Waals surface area contributed by atoms with Crippen molar-refractivity contribution < 1.29 is 4.74 Å². The fraction of sp³-hybridized carbons (Fsp3) is 0.200. The van der Waals surface area contributed by atoms with Gasteiger partial charge in [0.25, 0.3) is 0 Å². The number of benzene rings is 1. The summed E-state index contributed by atoms with van der Waals surface area (Å²) in [6.07, 6.45) is 0. The standard InChI is InChI=1S/C10H8BrClO/c11-9-3-5-10(6-4-9)13-8-2-1-7-12/h3-6H,7-8H2. The summed E-state index contributed by atoms with van der Waals surface area (Å²) in [5.74, 6) is 6.66. The maximum Gasteiger partial charge on any atom is 0.149 e. The van der Waals surface area contributed by atoms with E-state index in [1.165, 1.54) is 0 Å². The molecule has 1 aromatic rings. The van der Waals surface area contributed by atoms with Gasteiger partial charge in [0, 0.05) is 4.47 Å². The Labute approximate surface area is 91.2 Å². The predicted octanol–water partition coefficient (Wildman–Crippen LogP) is 3.07. The van der Waals surface area contributed by atoms with Crippen molar-refractivity contribution in [3.63, 3.8) is 0 Å². The van der Waals surface area contributed by atoms with E-state index in [0.717, 1.165) is 10.2 Å². The van der Waals surface area contributed by atoms with Crippen molar-refractivity contribution >= 4 is 27.5 Å². The van der Waals surface area contributed by atoms with Gasteiger partial charge in [-0.25, -0.2) is 0 Å². The van der Waals surface area contributed by atoms with E-state index in [4.69, 9.17) is 16.3 Å². The SMILES string of the molecule is ClCC#CCOc1ccc(Br)cc1. The Morgan fingerprint density at radius 2 is 1.92 bits per heavy atom. The van der Waals surface area contributed by atoms with Crippen molar-refractivity contribution in [3.8, 4) is 17.6 Å². The third kappa shape index (κ3) is 4.21. The number of halogens is 2. The highest BCUT2D eigenvalue weighted by Crippen LogP contribution is 2.15. The van der Waals surface area contributed by atoms with E-state index in [1.54, 1.807) is 0 Å². The summed E-state index contributed by atoms with van der Waals surface area (Å²) in [4.78, 5) is 0. The zero-order valence-electron chi connectivity index (χ0n) is 6.89. The first-order valence-electron chi connectivity index (χ1n) is 3.73. The van der Waals surface area contributed by atoms with Gasteiger partial charge in [-0.05, 0) is 24.3 Å². The summed E-state index contributed by atoms with van der Waals surface area (Å²) in [6, 6.07) is 7.60. The summed E-state index contributed by atoms with van der Waals surface area (Å²) >= 11 is 8.71. The Morgan fingerprint density at radius 3 is 2.54 bits per heavy atom. The van der Waals surface area contributed by atoms with Crippen LogP contribution in [0, 0.1) is 11.8 Å². The number of hydrogen-bond donors (Lipinski definition) is 0. The number of hydrogen-bond acceptors (Lipinski definition) is 1. The average molecular weight is 260 g/mol. The molecular weight excluding hydrogens is 251 g/mol. The topological polar surface area (TPSA) is 9.23 Å². The van der Waals surface area contributed by atoms with Crippen molar-refractivity contribution in [3.05, 3.63) is 28.7 Å². The molecule has 68 valence electrons. The summed E-state index contributed by atoms with van der Waals surface area (Å²) in [6.45, 7) is 0.383. The van der Waals surface area contributed by atoms with Gasteiger partial charge in [0.15, 0.2) is 0 Å². The Kier molecular flexibility index (Phi) is 4.74. The quantitative estimate of drug-likeness (QED) is 0.586. The molecule has 0 aromatic heterocycles. The fourth-order valence-electron chi connectivity index (χ4n) is 0.749. The molecule has 1 aromatic carbocycles. The van der Waals surface area contributed by atoms with E-state index >= 15 is 0 Å². The van der Waals surface area contributed by atoms with Crippen LogP contribution in [0.15, 0.2) is 28.7 Å². The van der Waals surface area contributed by atoms with Crippen LogP contribution < -0.4 is 4.74 Å².